The molecule has 1 aliphatic heterocycles. The summed E-state index contributed by atoms with van der Waals surface area (Å²) in [5.74, 6) is 0. The number of sulfone groups is 1. The minimum absolute atomic E-state index is 0.190. The SMILES string of the molecule is Cc1sc(C2OCCO2)cc1S(=O)(=O)c1cccc(Cl)c1. The maximum absolute atomic E-state index is 12.7. The Hall–Kier alpha value is -0.920. The van der Waals surface area contributed by atoms with E-state index in [2.05, 4.69) is 0 Å². The van der Waals surface area contributed by atoms with Gasteiger partial charge in [-0.3, -0.25) is 0 Å². The van der Waals surface area contributed by atoms with Gasteiger partial charge in [-0.2, -0.15) is 0 Å². The van der Waals surface area contributed by atoms with Crippen molar-refractivity contribution in [3.05, 3.63) is 45.1 Å². The predicted molar refractivity (Wildman–Crippen MR) is 80.6 cm³/mol. The molecule has 4 nitrogen and oxygen atoms in total. The minimum Gasteiger partial charge on any atom is -0.345 e. The van der Waals surface area contributed by atoms with Crippen LogP contribution in [0.1, 0.15) is 16.0 Å². The Morgan fingerprint density at radius 1 is 1.24 bits per heavy atom. The smallest absolute Gasteiger partial charge is 0.207 e. The third kappa shape index (κ3) is 2.86. The largest absolute Gasteiger partial charge is 0.345 e. The van der Waals surface area contributed by atoms with Crippen LogP contribution in [0.4, 0.5) is 0 Å². The first-order valence-electron chi connectivity index (χ1n) is 6.32. The number of thiophene rings is 1. The molecule has 112 valence electrons. The van der Waals surface area contributed by atoms with Crippen LogP contribution in [0.2, 0.25) is 5.02 Å². The van der Waals surface area contributed by atoms with Crippen LogP contribution in [-0.4, -0.2) is 21.6 Å². The molecule has 0 bridgehead atoms. The van der Waals surface area contributed by atoms with E-state index in [1.54, 1.807) is 31.2 Å². The number of aryl methyl sites for hydroxylation is 1. The first-order chi connectivity index (χ1) is 9.98. The van der Waals surface area contributed by atoms with E-state index in [-0.39, 0.29) is 9.79 Å². The summed E-state index contributed by atoms with van der Waals surface area (Å²) in [5, 5.41) is 0.395. The fourth-order valence-electron chi connectivity index (χ4n) is 2.15. The van der Waals surface area contributed by atoms with Gasteiger partial charge in [0.2, 0.25) is 9.84 Å². The molecular formula is C14H13ClO4S2. The molecule has 1 aromatic carbocycles. The lowest BCUT2D eigenvalue weighted by atomic mass is 10.4. The second kappa shape index (κ2) is 5.70. The first-order valence-corrected chi connectivity index (χ1v) is 9.00. The van der Waals surface area contributed by atoms with Gasteiger partial charge in [0.25, 0.3) is 0 Å². The highest BCUT2D eigenvalue weighted by molar-refractivity contribution is 7.91. The quantitative estimate of drug-likeness (QED) is 0.853. The van der Waals surface area contributed by atoms with E-state index in [4.69, 9.17) is 21.1 Å². The van der Waals surface area contributed by atoms with Crippen molar-refractivity contribution in [2.24, 2.45) is 0 Å². The Kier molecular flexibility index (Phi) is 4.07. The summed E-state index contributed by atoms with van der Waals surface area (Å²) in [6.45, 7) is 2.83. The van der Waals surface area contributed by atoms with Crippen molar-refractivity contribution in [3.63, 3.8) is 0 Å². The molecule has 0 amide bonds. The van der Waals surface area contributed by atoms with Crippen molar-refractivity contribution in [1.82, 2.24) is 0 Å². The molecule has 0 atom stereocenters. The molecule has 1 aromatic heterocycles. The fraction of sp³-hybridized carbons (Fsp3) is 0.286. The van der Waals surface area contributed by atoms with Crippen LogP contribution >= 0.6 is 22.9 Å². The van der Waals surface area contributed by atoms with Crippen molar-refractivity contribution in [3.8, 4) is 0 Å². The van der Waals surface area contributed by atoms with Crippen LogP contribution in [0, 0.1) is 6.92 Å². The Balaban J connectivity index is 2.03. The zero-order valence-electron chi connectivity index (χ0n) is 11.2. The summed E-state index contributed by atoms with van der Waals surface area (Å²) in [7, 11) is -3.59. The zero-order valence-corrected chi connectivity index (χ0v) is 13.6. The van der Waals surface area contributed by atoms with Gasteiger partial charge in [0, 0.05) is 9.90 Å². The van der Waals surface area contributed by atoms with E-state index in [9.17, 15) is 8.42 Å². The van der Waals surface area contributed by atoms with E-state index in [0.29, 0.717) is 23.1 Å². The summed E-state index contributed by atoms with van der Waals surface area (Å²) >= 11 is 7.26. The molecule has 0 unspecified atom stereocenters. The van der Waals surface area contributed by atoms with Crippen LogP contribution < -0.4 is 0 Å². The summed E-state index contributed by atoms with van der Waals surface area (Å²) in [6.07, 6.45) is -0.461. The van der Waals surface area contributed by atoms with Gasteiger partial charge < -0.3 is 9.47 Å². The van der Waals surface area contributed by atoms with Gasteiger partial charge >= 0.3 is 0 Å². The van der Waals surface area contributed by atoms with Gasteiger partial charge in [0.15, 0.2) is 6.29 Å². The number of hydrogen-bond acceptors (Lipinski definition) is 5. The number of rotatable bonds is 3. The average Bonchev–Trinajstić information content (AvgIpc) is 3.07. The number of hydrogen-bond donors (Lipinski definition) is 0. The van der Waals surface area contributed by atoms with Crippen LogP contribution in [0.5, 0.6) is 0 Å². The molecule has 7 heteroatoms. The molecule has 2 aromatic rings. The van der Waals surface area contributed by atoms with Crippen molar-refractivity contribution >= 4 is 32.8 Å². The first kappa shape index (κ1) is 15.0. The molecule has 0 spiro atoms. The van der Waals surface area contributed by atoms with E-state index in [0.717, 1.165) is 4.88 Å². The number of benzene rings is 1. The summed E-state index contributed by atoms with van der Waals surface area (Å²) in [4.78, 5) is 1.95. The predicted octanol–water partition coefficient (Wildman–Crippen LogP) is 3.59. The minimum atomic E-state index is -3.59. The maximum atomic E-state index is 12.7. The molecule has 0 radical (unpaired) electrons. The molecular weight excluding hydrogens is 332 g/mol. The molecule has 1 aliphatic rings. The molecule has 1 fully saturated rings. The Morgan fingerprint density at radius 3 is 2.62 bits per heavy atom. The van der Waals surface area contributed by atoms with Crippen molar-refractivity contribution in [1.29, 1.82) is 0 Å². The fourth-order valence-corrected chi connectivity index (χ4v) is 5.31. The summed E-state index contributed by atoms with van der Waals surface area (Å²) in [6, 6.07) is 7.90. The topological polar surface area (TPSA) is 52.6 Å². The normalized spacial score (nSPS) is 16.5. The second-order valence-corrected chi connectivity index (χ2v) is 8.25. The molecule has 2 heterocycles. The van der Waals surface area contributed by atoms with Crippen LogP contribution in [0.15, 0.2) is 40.1 Å². The van der Waals surface area contributed by atoms with Crippen LogP contribution in [0.3, 0.4) is 0 Å². The average molecular weight is 345 g/mol. The lowest BCUT2D eigenvalue weighted by molar-refractivity contribution is -0.0414. The third-order valence-corrected chi connectivity index (χ3v) is 6.46. The lowest BCUT2D eigenvalue weighted by Gasteiger charge is -2.05. The monoisotopic (exact) mass is 344 g/mol. The van der Waals surface area contributed by atoms with Gasteiger partial charge in [-0.15, -0.1) is 11.3 Å². The van der Waals surface area contributed by atoms with Gasteiger partial charge in [0.05, 0.1) is 27.9 Å². The zero-order chi connectivity index (χ0) is 15.0. The molecule has 1 saturated heterocycles. The number of ether oxygens (including phenoxy) is 2. The Morgan fingerprint density at radius 2 is 1.95 bits per heavy atom. The van der Waals surface area contributed by atoms with Crippen molar-refractivity contribution in [2.45, 2.75) is 23.0 Å². The molecule has 0 saturated carbocycles. The van der Waals surface area contributed by atoms with Gasteiger partial charge in [0.1, 0.15) is 0 Å². The molecule has 21 heavy (non-hydrogen) atoms. The Labute approximate surface area is 132 Å². The maximum Gasteiger partial charge on any atom is 0.207 e. The third-order valence-electron chi connectivity index (χ3n) is 3.14. The number of halogens is 1. The van der Waals surface area contributed by atoms with E-state index < -0.39 is 16.1 Å². The molecule has 0 N–H and O–H groups in total. The van der Waals surface area contributed by atoms with E-state index in [1.807, 2.05) is 0 Å². The van der Waals surface area contributed by atoms with Crippen LogP contribution in [0.25, 0.3) is 0 Å². The van der Waals surface area contributed by atoms with Crippen molar-refractivity contribution in [2.75, 3.05) is 13.2 Å². The molecule has 0 aliphatic carbocycles. The van der Waals surface area contributed by atoms with Crippen molar-refractivity contribution < 1.29 is 17.9 Å². The second-order valence-electron chi connectivity index (χ2n) is 4.60. The van der Waals surface area contributed by atoms with E-state index >= 15 is 0 Å². The van der Waals surface area contributed by atoms with Gasteiger partial charge in [-0.25, -0.2) is 8.42 Å². The lowest BCUT2D eigenvalue weighted by Crippen LogP contribution is -2.02. The highest BCUT2D eigenvalue weighted by Gasteiger charge is 2.27. The van der Waals surface area contributed by atoms with Gasteiger partial charge in [-0.05, 0) is 31.2 Å². The van der Waals surface area contributed by atoms with Crippen LogP contribution in [-0.2, 0) is 19.3 Å². The van der Waals surface area contributed by atoms with Gasteiger partial charge in [-0.1, -0.05) is 17.7 Å². The van der Waals surface area contributed by atoms with E-state index in [1.165, 1.54) is 17.4 Å². The Bertz CT molecular complexity index is 761. The standard InChI is InChI=1S/C14H13ClO4S2/c1-9-13(8-12(20-9)14-18-5-6-19-14)21(16,17)11-4-2-3-10(15)7-11/h2-4,7-8,14H,5-6H2,1H3. The highest BCUT2D eigenvalue weighted by atomic mass is 35.5. The highest BCUT2D eigenvalue weighted by Crippen LogP contribution is 2.36. The molecule has 3 rings (SSSR count). The summed E-state index contributed by atoms with van der Waals surface area (Å²) < 4.78 is 36.2. The summed E-state index contributed by atoms with van der Waals surface area (Å²) in [5.41, 5.74) is 0.